The van der Waals surface area contributed by atoms with E-state index in [1.54, 1.807) is 17.0 Å². The van der Waals surface area contributed by atoms with Crippen LogP contribution in [0.1, 0.15) is 10.6 Å². The molecule has 0 saturated heterocycles. The van der Waals surface area contributed by atoms with Crippen molar-refractivity contribution in [3.63, 3.8) is 0 Å². The van der Waals surface area contributed by atoms with Gasteiger partial charge in [-0.1, -0.05) is 29.0 Å². The molecule has 3 rings (SSSR count). The number of aromatic nitrogens is 2. The molecule has 1 amide bonds. The Morgan fingerprint density at radius 3 is 3.05 bits per heavy atom. The van der Waals surface area contributed by atoms with Crippen molar-refractivity contribution >= 4 is 39.7 Å². The summed E-state index contributed by atoms with van der Waals surface area (Å²) < 4.78 is 0. The van der Waals surface area contributed by atoms with E-state index < -0.39 is 0 Å². The number of carbonyl (C=O) groups is 1. The van der Waals surface area contributed by atoms with Crippen molar-refractivity contribution in [3.05, 3.63) is 33.8 Å². The summed E-state index contributed by atoms with van der Waals surface area (Å²) in [6.07, 6.45) is 0.396. The van der Waals surface area contributed by atoms with Gasteiger partial charge in [0.25, 0.3) is 0 Å². The second-order valence-corrected chi connectivity index (χ2v) is 5.57. The van der Waals surface area contributed by atoms with E-state index in [2.05, 4.69) is 15.6 Å². The molecule has 1 aliphatic rings. The van der Waals surface area contributed by atoms with Gasteiger partial charge < -0.3 is 4.90 Å². The Balaban J connectivity index is 1.89. The molecule has 0 aliphatic carbocycles. The monoisotopic (exact) mass is 295 g/mol. The number of hydrazine groups is 1. The first-order valence-corrected chi connectivity index (χ1v) is 6.74. The van der Waals surface area contributed by atoms with E-state index in [9.17, 15) is 4.79 Å². The Hall–Kier alpha value is -1.70. The molecule has 2 aromatic rings. The second-order valence-electron chi connectivity index (χ2n) is 4.07. The number of nitrogens with two attached hydrogens (primary N) is 1. The van der Waals surface area contributed by atoms with Gasteiger partial charge in [-0.05, 0) is 17.7 Å². The van der Waals surface area contributed by atoms with E-state index in [4.69, 9.17) is 17.4 Å². The number of carbonyl (C=O) groups excluding carboxylic acids is 1. The summed E-state index contributed by atoms with van der Waals surface area (Å²) in [5.41, 5.74) is 4.26. The lowest BCUT2D eigenvalue weighted by Crippen LogP contribution is -2.25. The molecule has 0 radical (unpaired) electrons. The van der Waals surface area contributed by atoms with Gasteiger partial charge in [-0.3, -0.25) is 10.2 Å². The second kappa shape index (κ2) is 4.76. The van der Waals surface area contributed by atoms with E-state index >= 15 is 0 Å². The molecular formula is C11H10ClN5OS. The van der Waals surface area contributed by atoms with Crippen molar-refractivity contribution < 1.29 is 4.79 Å². The number of fused-ring (bicyclic) bond motifs is 1. The van der Waals surface area contributed by atoms with Gasteiger partial charge in [0, 0.05) is 10.7 Å². The summed E-state index contributed by atoms with van der Waals surface area (Å²) in [5.74, 6) is 5.29. The quantitative estimate of drug-likeness (QED) is 0.663. The molecule has 0 atom stereocenters. The van der Waals surface area contributed by atoms with Crippen LogP contribution in [-0.4, -0.2) is 16.1 Å². The van der Waals surface area contributed by atoms with Gasteiger partial charge in [0.15, 0.2) is 0 Å². The van der Waals surface area contributed by atoms with E-state index in [1.807, 2.05) is 6.07 Å². The van der Waals surface area contributed by atoms with Crippen LogP contribution in [0.4, 0.5) is 10.8 Å². The molecule has 98 valence electrons. The van der Waals surface area contributed by atoms with Crippen LogP contribution in [0.3, 0.4) is 0 Å². The van der Waals surface area contributed by atoms with Gasteiger partial charge >= 0.3 is 0 Å². The van der Waals surface area contributed by atoms with Crippen molar-refractivity contribution in [3.8, 4) is 0 Å². The van der Waals surface area contributed by atoms with Gasteiger partial charge in [-0.25, -0.2) is 5.84 Å². The average Bonchev–Trinajstić information content (AvgIpc) is 2.96. The lowest BCUT2D eigenvalue weighted by atomic mass is 10.2. The van der Waals surface area contributed by atoms with Gasteiger partial charge in [0.2, 0.25) is 11.0 Å². The van der Waals surface area contributed by atoms with Crippen LogP contribution in [0.5, 0.6) is 0 Å². The van der Waals surface area contributed by atoms with Crippen molar-refractivity contribution in [2.45, 2.75) is 13.0 Å². The van der Waals surface area contributed by atoms with Crippen LogP contribution in [0.15, 0.2) is 18.2 Å². The van der Waals surface area contributed by atoms with E-state index in [1.165, 1.54) is 11.3 Å². The molecule has 2 heterocycles. The van der Waals surface area contributed by atoms with Crippen LogP contribution in [-0.2, 0) is 17.8 Å². The number of anilines is 2. The Bertz CT molecular complexity index is 644. The lowest BCUT2D eigenvalue weighted by Gasteiger charge is -2.15. The minimum absolute atomic E-state index is 0.0368. The third-order valence-electron chi connectivity index (χ3n) is 2.86. The van der Waals surface area contributed by atoms with Gasteiger partial charge in [0.1, 0.15) is 5.01 Å². The zero-order chi connectivity index (χ0) is 13.4. The number of hydrogen-bond donors (Lipinski definition) is 2. The van der Waals surface area contributed by atoms with Crippen LogP contribution in [0.2, 0.25) is 5.02 Å². The minimum atomic E-state index is 0.0368. The smallest absolute Gasteiger partial charge is 0.231 e. The highest BCUT2D eigenvalue weighted by atomic mass is 35.5. The molecule has 1 aliphatic heterocycles. The largest absolute Gasteiger partial charge is 0.305 e. The van der Waals surface area contributed by atoms with E-state index in [0.717, 1.165) is 11.3 Å². The number of rotatable bonds is 3. The predicted octanol–water partition coefficient (Wildman–Crippen LogP) is 1.57. The third kappa shape index (κ3) is 2.27. The first-order chi connectivity index (χ1) is 9.17. The highest BCUT2D eigenvalue weighted by molar-refractivity contribution is 7.15. The Kier molecular flexibility index (Phi) is 3.09. The van der Waals surface area contributed by atoms with Crippen molar-refractivity contribution in [2.75, 3.05) is 10.3 Å². The Morgan fingerprint density at radius 1 is 1.47 bits per heavy atom. The SMILES string of the molecule is NNc1nnc(CN2C(=O)Cc3ccc(Cl)cc32)s1. The van der Waals surface area contributed by atoms with Crippen molar-refractivity contribution in [1.29, 1.82) is 0 Å². The fourth-order valence-electron chi connectivity index (χ4n) is 2.01. The van der Waals surface area contributed by atoms with Crippen molar-refractivity contribution in [1.82, 2.24) is 10.2 Å². The van der Waals surface area contributed by atoms with Crippen molar-refractivity contribution in [2.24, 2.45) is 5.84 Å². The summed E-state index contributed by atoms with van der Waals surface area (Å²) in [5, 5.41) is 9.67. The zero-order valence-corrected chi connectivity index (χ0v) is 11.3. The molecule has 0 unspecified atom stereocenters. The molecule has 0 saturated carbocycles. The fourth-order valence-corrected chi connectivity index (χ4v) is 2.82. The maximum absolute atomic E-state index is 12.0. The molecule has 0 fully saturated rings. The molecule has 0 bridgehead atoms. The highest BCUT2D eigenvalue weighted by Crippen LogP contribution is 2.33. The first-order valence-electron chi connectivity index (χ1n) is 5.55. The van der Waals surface area contributed by atoms with Crippen LogP contribution < -0.4 is 16.2 Å². The highest BCUT2D eigenvalue weighted by Gasteiger charge is 2.28. The topological polar surface area (TPSA) is 84.1 Å². The van der Waals surface area contributed by atoms with Gasteiger partial charge in [-0.15, -0.1) is 10.2 Å². The predicted molar refractivity (Wildman–Crippen MR) is 74.1 cm³/mol. The number of nitrogens with one attached hydrogen (secondary N) is 1. The fraction of sp³-hybridized carbons (Fsp3) is 0.182. The van der Waals surface area contributed by atoms with Gasteiger partial charge in [0.05, 0.1) is 13.0 Å². The summed E-state index contributed by atoms with van der Waals surface area (Å²) in [6.45, 7) is 0.380. The molecule has 1 aromatic carbocycles. The summed E-state index contributed by atoms with van der Waals surface area (Å²) in [7, 11) is 0. The molecule has 1 aromatic heterocycles. The Morgan fingerprint density at radius 2 is 2.32 bits per heavy atom. The Labute approximate surface area is 118 Å². The molecule has 8 heteroatoms. The maximum Gasteiger partial charge on any atom is 0.231 e. The van der Waals surface area contributed by atoms with Crippen LogP contribution in [0.25, 0.3) is 0 Å². The lowest BCUT2D eigenvalue weighted by molar-refractivity contribution is -0.117. The average molecular weight is 296 g/mol. The summed E-state index contributed by atoms with van der Waals surface area (Å²) in [4.78, 5) is 13.7. The molecule has 6 nitrogen and oxygen atoms in total. The molecule has 3 N–H and O–H groups in total. The molecular weight excluding hydrogens is 286 g/mol. The van der Waals surface area contributed by atoms with Crippen LogP contribution >= 0.6 is 22.9 Å². The molecule has 0 spiro atoms. The van der Waals surface area contributed by atoms with E-state index in [-0.39, 0.29) is 5.91 Å². The number of halogens is 1. The standard InChI is InChI=1S/C11H10ClN5OS/c12-7-2-1-6-3-10(18)17(8(6)4-7)5-9-15-16-11(14-13)19-9/h1-2,4H,3,5,13H2,(H,14,16). The molecule has 19 heavy (non-hydrogen) atoms. The number of hydrogen-bond acceptors (Lipinski definition) is 6. The van der Waals surface area contributed by atoms with Gasteiger partial charge in [-0.2, -0.15) is 0 Å². The normalized spacial score (nSPS) is 13.8. The number of benzene rings is 1. The maximum atomic E-state index is 12.0. The van der Waals surface area contributed by atoms with Crippen LogP contribution in [0, 0.1) is 0 Å². The summed E-state index contributed by atoms with van der Waals surface area (Å²) >= 11 is 7.29. The van der Waals surface area contributed by atoms with E-state index in [0.29, 0.717) is 28.1 Å². The number of amides is 1. The summed E-state index contributed by atoms with van der Waals surface area (Å²) in [6, 6.07) is 5.46. The first kappa shape index (κ1) is 12.3. The number of nitrogen functional groups attached to an aromatic ring is 1. The zero-order valence-electron chi connectivity index (χ0n) is 9.76. The minimum Gasteiger partial charge on any atom is -0.305 e. The number of nitrogens with zero attached hydrogens (tertiary/aromatic N) is 3. The third-order valence-corrected chi connectivity index (χ3v) is 3.94.